The highest BCUT2D eigenvalue weighted by atomic mass is 35.5. The van der Waals surface area contributed by atoms with Crippen molar-refractivity contribution in [1.29, 1.82) is 0 Å². The minimum Gasteiger partial charge on any atom is -0.303 e. The fourth-order valence-electron chi connectivity index (χ4n) is 4.49. The van der Waals surface area contributed by atoms with Crippen LogP contribution in [0, 0.1) is 11.3 Å². The van der Waals surface area contributed by atoms with Crippen LogP contribution in [0.5, 0.6) is 0 Å². The molecule has 138 valence electrons. The van der Waals surface area contributed by atoms with Crippen LogP contribution < -0.4 is 10.6 Å². The van der Waals surface area contributed by atoms with Crippen molar-refractivity contribution in [2.45, 2.75) is 70.9 Å². The number of hydrogen-bond donors (Lipinski definition) is 2. The van der Waals surface area contributed by atoms with Gasteiger partial charge in [-0.25, -0.2) is 4.98 Å². The minimum absolute atomic E-state index is 0. The molecule has 1 aliphatic heterocycles. The van der Waals surface area contributed by atoms with Gasteiger partial charge in [-0.05, 0) is 37.0 Å². The van der Waals surface area contributed by atoms with Crippen LogP contribution in [0.4, 0.5) is 5.13 Å². The van der Waals surface area contributed by atoms with Crippen molar-refractivity contribution in [3.05, 3.63) is 10.6 Å². The van der Waals surface area contributed by atoms with Crippen LogP contribution in [0.1, 0.15) is 67.7 Å². The molecule has 0 radical (unpaired) electrons. The van der Waals surface area contributed by atoms with Gasteiger partial charge in [0.15, 0.2) is 10.9 Å². The Bertz CT molecular complexity index is 674. The number of nitrogens with one attached hydrogen (secondary N) is 2. The van der Waals surface area contributed by atoms with Crippen molar-refractivity contribution in [1.82, 2.24) is 10.3 Å². The number of amides is 1. The summed E-state index contributed by atoms with van der Waals surface area (Å²) in [6.45, 7) is 4.19. The lowest BCUT2D eigenvalue weighted by Gasteiger charge is -2.26. The van der Waals surface area contributed by atoms with Crippen LogP contribution in [0.3, 0.4) is 0 Å². The van der Waals surface area contributed by atoms with Gasteiger partial charge < -0.3 is 10.6 Å². The largest absolute Gasteiger partial charge is 0.303 e. The van der Waals surface area contributed by atoms with Crippen molar-refractivity contribution in [3.63, 3.8) is 0 Å². The normalized spacial score (nSPS) is 30.2. The van der Waals surface area contributed by atoms with Gasteiger partial charge in [0.2, 0.25) is 5.91 Å². The van der Waals surface area contributed by atoms with E-state index in [1.165, 1.54) is 37.0 Å². The summed E-state index contributed by atoms with van der Waals surface area (Å²) in [4.78, 5) is 30.1. The molecule has 1 saturated heterocycles. The van der Waals surface area contributed by atoms with Gasteiger partial charge in [-0.3, -0.25) is 9.59 Å². The van der Waals surface area contributed by atoms with Gasteiger partial charge >= 0.3 is 0 Å². The number of aromatic nitrogens is 1. The summed E-state index contributed by atoms with van der Waals surface area (Å²) < 4.78 is 0. The molecule has 2 fully saturated rings. The third-order valence-corrected chi connectivity index (χ3v) is 6.70. The molecule has 3 unspecified atom stereocenters. The average Bonchev–Trinajstić information content (AvgIpc) is 3.09. The number of nitrogens with zero attached hydrogens (tertiary/aromatic N) is 1. The Labute approximate surface area is 158 Å². The van der Waals surface area contributed by atoms with Crippen molar-refractivity contribution < 1.29 is 9.59 Å². The number of anilines is 1. The van der Waals surface area contributed by atoms with Gasteiger partial charge in [0.25, 0.3) is 0 Å². The van der Waals surface area contributed by atoms with E-state index in [4.69, 9.17) is 0 Å². The predicted molar refractivity (Wildman–Crippen MR) is 102 cm³/mol. The van der Waals surface area contributed by atoms with E-state index in [1.807, 2.05) is 0 Å². The van der Waals surface area contributed by atoms with E-state index < -0.39 is 0 Å². The lowest BCUT2D eigenvalue weighted by molar-refractivity contribution is -0.117. The molecule has 2 heterocycles. The third-order valence-electron chi connectivity index (χ3n) is 5.65. The number of rotatable bonds is 2. The van der Waals surface area contributed by atoms with Crippen LogP contribution >= 0.6 is 23.7 Å². The van der Waals surface area contributed by atoms with Gasteiger partial charge in [0.05, 0.1) is 16.6 Å². The summed E-state index contributed by atoms with van der Waals surface area (Å²) in [7, 11) is 0. The number of carbonyl (C=O) groups is 2. The molecule has 25 heavy (non-hydrogen) atoms. The zero-order valence-electron chi connectivity index (χ0n) is 14.8. The van der Waals surface area contributed by atoms with Crippen LogP contribution in [0.15, 0.2) is 0 Å². The maximum Gasteiger partial charge on any atom is 0.243 e. The van der Waals surface area contributed by atoms with Gasteiger partial charge in [-0.2, -0.15) is 0 Å². The minimum atomic E-state index is -0.119. The van der Waals surface area contributed by atoms with Crippen LogP contribution in [-0.4, -0.2) is 28.8 Å². The summed E-state index contributed by atoms with van der Waals surface area (Å²) in [5, 5.41) is 7.02. The number of Topliss-reactive ketones (excluding diaryl/α,β-unsaturated/α-hetero) is 1. The molecule has 0 bridgehead atoms. The van der Waals surface area contributed by atoms with Crippen LogP contribution in [-0.2, 0) is 11.2 Å². The molecular formula is C18H26ClN3O2S. The number of carbonyl (C=O) groups excluding carboxylic acids is 2. The molecule has 2 N–H and O–H groups in total. The first kappa shape index (κ1) is 18.8. The second-order valence-electron chi connectivity index (χ2n) is 8.33. The number of halogens is 1. The number of ketones is 1. The SMILES string of the molecule is CC1(C)CC(=O)c2sc(NC(=O)C3CC4CCCCC4N3)nc2C1.Cl. The van der Waals surface area contributed by atoms with E-state index >= 15 is 0 Å². The Hall–Kier alpha value is -0.980. The first-order chi connectivity index (χ1) is 11.4. The van der Waals surface area contributed by atoms with Gasteiger partial charge in [-0.15, -0.1) is 12.4 Å². The Kier molecular flexibility index (Phi) is 5.24. The molecule has 4 rings (SSSR count). The summed E-state index contributed by atoms with van der Waals surface area (Å²) in [5.74, 6) is 0.799. The molecule has 1 amide bonds. The van der Waals surface area contributed by atoms with Crippen molar-refractivity contribution in [2.75, 3.05) is 5.32 Å². The lowest BCUT2D eigenvalue weighted by atomic mass is 9.78. The molecule has 1 saturated carbocycles. The topological polar surface area (TPSA) is 71.1 Å². The van der Waals surface area contributed by atoms with Gasteiger partial charge in [-0.1, -0.05) is 38.0 Å². The Morgan fingerprint density at radius 2 is 2.04 bits per heavy atom. The molecule has 7 heteroatoms. The smallest absolute Gasteiger partial charge is 0.243 e. The van der Waals surface area contributed by atoms with Crippen molar-refractivity contribution in [2.24, 2.45) is 11.3 Å². The van der Waals surface area contributed by atoms with E-state index in [1.54, 1.807) is 0 Å². The van der Waals surface area contributed by atoms with E-state index in [9.17, 15) is 9.59 Å². The molecule has 0 aromatic carbocycles. The quantitative estimate of drug-likeness (QED) is 0.818. The summed E-state index contributed by atoms with van der Waals surface area (Å²) in [6, 6.07) is 0.382. The molecule has 0 spiro atoms. The number of fused-ring (bicyclic) bond motifs is 2. The maximum absolute atomic E-state index is 12.6. The second kappa shape index (κ2) is 6.97. The first-order valence-electron chi connectivity index (χ1n) is 9.01. The maximum atomic E-state index is 12.6. The highest BCUT2D eigenvalue weighted by molar-refractivity contribution is 7.17. The Morgan fingerprint density at radius 3 is 2.80 bits per heavy atom. The second-order valence-corrected chi connectivity index (χ2v) is 9.33. The summed E-state index contributed by atoms with van der Waals surface area (Å²) in [5.41, 5.74) is 0.812. The number of hydrogen-bond acceptors (Lipinski definition) is 5. The fourth-order valence-corrected chi connectivity index (χ4v) is 5.41. The Balaban J connectivity index is 0.00000182. The van der Waals surface area contributed by atoms with Crippen molar-refractivity contribution >= 4 is 40.6 Å². The monoisotopic (exact) mass is 383 g/mol. The van der Waals surface area contributed by atoms with Crippen molar-refractivity contribution in [3.8, 4) is 0 Å². The summed E-state index contributed by atoms with van der Waals surface area (Å²) in [6.07, 6.45) is 7.25. The van der Waals surface area contributed by atoms with Crippen LogP contribution in [0.25, 0.3) is 0 Å². The molecule has 2 aliphatic carbocycles. The molecule has 3 atom stereocenters. The van der Waals surface area contributed by atoms with Crippen LogP contribution in [0.2, 0.25) is 0 Å². The molecule has 5 nitrogen and oxygen atoms in total. The fraction of sp³-hybridized carbons (Fsp3) is 0.722. The molecule has 1 aromatic rings. The molecular weight excluding hydrogens is 358 g/mol. The average molecular weight is 384 g/mol. The van der Waals surface area contributed by atoms with E-state index in [0.29, 0.717) is 23.5 Å². The third kappa shape index (κ3) is 3.76. The zero-order valence-corrected chi connectivity index (χ0v) is 16.4. The van der Waals surface area contributed by atoms with E-state index in [2.05, 4.69) is 29.5 Å². The molecule has 1 aromatic heterocycles. The van der Waals surface area contributed by atoms with E-state index in [-0.39, 0.29) is 35.6 Å². The van der Waals surface area contributed by atoms with E-state index in [0.717, 1.165) is 23.4 Å². The standard InChI is InChI=1S/C18H25N3O2S.ClH/c1-18(2)8-13-15(14(22)9-18)24-17(20-13)21-16(23)12-7-10-5-3-4-6-11(10)19-12;/h10-12,19H,3-9H2,1-2H3,(H,20,21,23);1H. The van der Waals surface area contributed by atoms with Gasteiger partial charge in [0.1, 0.15) is 0 Å². The van der Waals surface area contributed by atoms with Gasteiger partial charge in [0, 0.05) is 12.5 Å². The number of thiazole rings is 1. The molecule has 3 aliphatic rings. The Morgan fingerprint density at radius 1 is 1.28 bits per heavy atom. The lowest BCUT2D eigenvalue weighted by Crippen LogP contribution is -2.39. The predicted octanol–water partition coefficient (Wildman–Crippen LogP) is 3.58. The first-order valence-corrected chi connectivity index (χ1v) is 9.83. The highest BCUT2D eigenvalue weighted by Crippen LogP contribution is 2.38. The summed E-state index contributed by atoms with van der Waals surface area (Å²) >= 11 is 1.34. The highest BCUT2D eigenvalue weighted by Gasteiger charge is 2.39. The zero-order chi connectivity index (χ0) is 16.9.